The van der Waals surface area contributed by atoms with E-state index in [0.717, 1.165) is 16.8 Å². The highest BCUT2D eigenvalue weighted by Gasteiger charge is 2.33. The molecule has 2 amide bonds. The summed E-state index contributed by atoms with van der Waals surface area (Å²) in [5, 5.41) is 2.76. The Balaban J connectivity index is 2.04. The predicted octanol–water partition coefficient (Wildman–Crippen LogP) is 2.18. The Bertz CT molecular complexity index is 542. The van der Waals surface area contributed by atoms with Crippen LogP contribution in [0.4, 0.5) is 5.69 Å². The van der Waals surface area contributed by atoms with Crippen LogP contribution in [0.5, 0.6) is 0 Å². The SMILES string of the molecule is CC(C)=CC(=O)NC1CCN(c2ccc(C)cc2)C1=O. The first-order valence-corrected chi connectivity index (χ1v) is 6.81. The van der Waals surface area contributed by atoms with E-state index in [1.54, 1.807) is 4.90 Å². The lowest BCUT2D eigenvalue weighted by molar-refractivity contribution is -0.123. The van der Waals surface area contributed by atoms with Gasteiger partial charge in [0, 0.05) is 18.3 Å². The molecule has 1 atom stereocenters. The summed E-state index contributed by atoms with van der Waals surface area (Å²) in [6.07, 6.45) is 2.16. The number of aryl methyl sites for hydroxylation is 1. The number of benzene rings is 1. The Kier molecular flexibility index (Phi) is 4.23. The van der Waals surface area contributed by atoms with Gasteiger partial charge in [0.2, 0.25) is 11.8 Å². The van der Waals surface area contributed by atoms with E-state index < -0.39 is 6.04 Å². The van der Waals surface area contributed by atoms with Crippen molar-refractivity contribution in [3.05, 3.63) is 41.5 Å². The lowest BCUT2D eigenvalue weighted by Gasteiger charge is -2.17. The van der Waals surface area contributed by atoms with E-state index in [2.05, 4.69) is 5.32 Å². The van der Waals surface area contributed by atoms with Crippen molar-refractivity contribution >= 4 is 17.5 Å². The fraction of sp³-hybridized carbons (Fsp3) is 0.375. The molecule has 0 aromatic heterocycles. The van der Waals surface area contributed by atoms with E-state index in [9.17, 15) is 9.59 Å². The molecule has 1 aliphatic rings. The summed E-state index contributed by atoms with van der Waals surface area (Å²) < 4.78 is 0. The minimum Gasteiger partial charge on any atom is -0.341 e. The number of nitrogens with one attached hydrogen (secondary N) is 1. The Morgan fingerprint density at radius 3 is 2.55 bits per heavy atom. The van der Waals surface area contributed by atoms with Crippen LogP contribution in [0, 0.1) is 6.92 Å². The van der Waals surface area contributed by atoms with Gasteiger partial charge < -0.3 is 10.2 Å². The maximum absolute atomic E-state index is 12.3. The molecule has 1 N–H and O–H groups in total. The summed E-state index contributed by atoms with van der Waals surface area (Å²) >= 11 is 0. The van der Waals surface area contributed by atoms with Gasteiger partial charge in [0.15, 0.2) is 0 Å². The van der Waals surface area contributed by atoms with E-state index in [-0.39, 0.29) is 11.8 Å². The number of nitrogens with zero attached hydrogens (tertiary/aromatic N) is 1. The van der Waals surface area contributed by atoms with E-state index in [4.69, 9.17) is 0 Å². The monoisotopic (exact) mass is 272 g/mol. The van der Waals surface area contributed by atoms with E-state index in [1.807, 2.05) is 45.0 Å². The van der Waals surface area contributed by atoms with E-state index >= 15 is 0 Å². The van der Waals surface area contributed by atoms with E-state index in [0.29, 0.717) is 13.0 Å². The van der Waals surface area contributed by atoms with Gasteiger partial charge in [-0.15, -0.1) is 0 Å². The molecule has 1 aromatic rings. The molecule has 0 radical (unpaired) electrons. The average Bonchev–Trinajstić information content (AvgIpc) is 2.71. The van der Waals surface area contributed by atoms with Crippen LogP contribution in [0.25, 0.3) is 0 Å². The molecule has 1 fully saturated rings. The van der Waals surface area contributed by atoms with Gasteiger partial charge in [-0.05, 0) is 39.3 Å². The molecule has 0 saturated carbocycles. The highest BCUT2D eigenvalue weighted by atomic mass is 16.2. The van der Waals surface area contributed by atoms with Crippen LogP contribution in [-0.2, 0) is 9.59 Å². The smallest absolute Gasteiger partial charge is 0.249 e. The van der Waals surface area contributed by atoms with Gasteiger partial charge in [-0.2, -0.15) is 0 Å². The highest BCUT2D eigenvalue weighted by molar-refractivity contribution is 6.02. The average molecular weight is 272 g/mol. The van der Waals surface area contributed by atoms with Crippen LogP contribution in [0.2, 0.25) is 0 Å². The van der Waals surface area contributed by atoms with Gasteiger partial charge in [-0.3, -0.25) is 9.59 Å². The first-order chi connectivity index (χ1) is 9.47. The van der Waals surface area contributed by atoms with Crippen LogP contribution in [-0.4, -0.2) is 24.4 Å². The lowest BCUT2D eigenvalue weighted by Crippen LogP contribution is -2.41. The highest BCUT2D eigenvalue weighted by Crippen LogP contribution is 2.21. The third-order valence-electron chi connectivity index (χ3n) is 3.29. The molecule has 1 heterocycles. The fourth-order valence-electron chi connectivity index (χ4n) is 2.27. The maximum atomic E-state index is 12.3. The van der Waals surface area contributed by atoms with Gasteiger partial charge in [-0.25, -0.2) is 0 Å². The predicted molar refractivity (Wildman–Crippen MR) is 79.5 cm³/mol. The normalized spacial score (nSPS) is 18.1. The zero-order chi connectivity index (χ0) is 14.7. The largest absolute Gasteiger partial charge is 0.341 e. The van der Waals surface area contributed by atoms with Crippen molar-refractivity contribution < 1.29 is 9.59 Å². The number of rotatable bonds is 3. The molecule has 1 aromatic carbocycles. The van der Waals surface area contributed by atoms with Crippen molar-refractivity contribution in [2.75, 3.05) is 11.4 Å². The summed E-state index contributed by atoms with van der Waals surface area (Å²) in [4.78, 5) is 25.7. The molecular weight excluding hydrogens is 252 g/mol. The number of allylic oxidation sites excluding steroid dienone is 1. The second kappa shape index (κ2) is 5.90. The molecule has 0 spiro atoms. The fourth-order valence-corrected chi connectivity index (χ4v) is 2.27. The minimum atomic E-state index is -0.417. The third kappa shape index (κ3) is 3.26. The van der Waals surface area contributed by atoms with Crippen LogP contribution in [0.15, 0.2) is 35.9 Å². The molecule has 2 rings (SSSR count). The maximum Gasteiger partial charge on any atom is 0.249 e. The number of carbonyl (C=O) groups excluding carboxylic acids is 2. The van der Waals surface area contributed by atoms with Crippen molar-refractivity contribution in [1.82, 2.24) is 5.32 Å². The Morgan fingerprint density at radius 2 is 1.95 bits per heavy atom. The van der Waals surface area contributed by atoms with Crippen molar-refractivity contribution in [3.8, 4) is 0 Å². The van der Waals surface area contributed by atoms with Gasteiger partial charge in [-0.1, -0.05) is 23.3 Å². The molecule has 0 bridgehead atoms. The molecule has 106 valence electrons. The zero-order valence-electron chi connectivity index (χ0n) is 12.1. The number of amides is 2. The second-order valence-corrected chi connectivity index (χ2v) is 5.40. The molecule has 1 saturated heterocycles. The first-order valence-electron chi connectivity index (χ1n) is 6.81. The van der Waals surface area contributed by atoms with Crippen molar-refractivity contribution in [2.24, 2.45) is 0 Å². The lowest BCUT2D eigenvalue weighted by atomic mass is 10.2. The van der Waals surface area contributed by atoms with Gasteiger partial charge in [0.25, 0.3) is 0 Å². The number of anilines is 1. The molecule has 20 heavy (non-hydrogen) atoms. The van der Waals surface area contributed by atoms with Crippen molar-refractivity contribution in [1.29, 1.82) is 0 Å². The molecule has 1 unspecified atom stereocenters. The zero-order valence-corrected chi connectivity index (χ0v) is 12.1. The Labute approximate surface area is 119 Å². The standard InChI is InChI=1S/C16H20N2O2/c1-11(2)10-15(19)17-14-8-9-18(16(14)20)13-6-4-12(3)5-7-13/h4-7,10,14H,8-9H2,1-3H3,(H,17,19). The van der Waals surface area contributed by atoms with Crippen LogP contribution in [0.3, 0.4) is 0 Å². The topological polar surface area (TPSA) is 49.4 Å². The molecule has 0 aliphatic carbocycles. The third-order valence-corrected chi connectivity index (χ3v) is 3.29. The van der Waals surface area contributed by atoms with Gasteiger partial charge in [0.1, 0.15) is 6.04 Å². The van der Waals surface area contributed by atoms with Gasteiger partial charge in [0.05, 0.1) is 0 Å². The van der Waals surface area contributed by atoms with E-state index in [1.165, 1.54) is 6.08 Å². The number of hydrogen-bond donors (Lipinski definition) is 1. The second-order valence-electron chi connectivity index (χ2n) is 5.40. The minimum absolute atomic E-state index is 0.0376. The summed E-state index contributed by atoms with van der Waals surface area (Å²) in [5.74, 6) is -0.238. The first kappa shape index (κ1) is 14.3. The Hall–Kier alpha value is -2.10. The summed E-state index contributed by atoms with van der Waals surface area (Å²) in [7, 11) is 0. The van der Waals surface area contributed by atoms with Crippen LogP contribution in [0.1, 0.15) is 25.8 Å². The molecule has 1 aliphatic heterocycles. The molecule has 4 nitrogen and oxygen atoms in total. The van der Waals surface area contributed by atoms with Gasteiger partial charge >= 0.3 is 0 Å². The quantitative estimate of drug-likeness (QED) is 0.857. The van der Waals surface area contributed by atoms with Crippen molar-refractivity contribution in [2.45, 2.75) is 33.2 Å². The Morgan fingerprint density at radius 1 is 1.30 bits per heavy atom. The van der Waals surface area contributed by atoms with Crippen molar-refractivity contribution in [3.63, 3.8) is 0 Å². The molecule has 4 heteroatoms. The summed E-state index contributed by atoms with van der Waals surface area (Å²) in [6.45, 7) is 6.36. The van der Waals surface area contributed by atoms with Crippen LogP contribution < -0.4 is 10.2 Å². The molecular formula is C16H20N2O2. The number of carbonyl (C=O) groups is 2. The number of hydrogen-bond acceptors (Lipinski definition) is 2. The summed E-state index contributed by atoms with van der Waals surface area (Å²) in [6, 6.07) is 7.43. The summed E-state index contributed by atoms with van der Waals surface area (Å²) in [5.41, 5.74) is 2.97. The van der Waals surface area contributed by atoms with Crippen LogP contribution >= 0.6 is 0 Å².